The van der Waals surface area contributed by atoms with Crippen LogP contribution in [0.2, 0.25) is 0 Å². The third kappa shape index (κ3) is 3.93. The summed E-state index contributed by atoms with van der Waals surface area (Å²) in [5, 5.41) is 5.85. The van der Waals surface area contributed by atoms with Crippen LogP contribution in [-0.4, -0.2) is 31.1 Å². The topological polar surface area (TPSA) is 112 Å². The number of aromatic nitrogens is 5. The smallest absolute Gasteiger partial charge is 0.280 e. The normalized spacial score (nSPS) is 13.0. The van der Waals surface area contributed by atoms with Gasteiger partial charge in [0, 0.05) is 35.7 Å². The molecule has 4 aromatic rings. The van der Waals surface area contributed by atoms with E-state index in [9.17, 15) is 13.6 Å². The molecule has 0 fully saturated rings. The maximum Gasteiger partial charge on any atom is 0.280 e. The molecule has 8 nitrogen and oxygen atoms in total. The molecule has 156 valence electrons. The van der Waals surface area contributed by atoms with Crippen molar-refractivity contribution in [1.82, 2.24) is 25.1 Å². The summed E-state index contributed by atoms with van der Waals surface area (Å²) in [6, 6.07) is 2.37. The Bertz CT molecular complexity index is 1250. The van der Waals surface area contributed by atoms with Gasteiger partial charge in [0.2, 0.25) is 0 Å². The lowest BCUT2D eigenvalue weighted by Crippen LogP contribution is -2.36. The Hall–Kier alpha value is -3.56. The van der Waals surface area contributed by atoms with Crippen molar-refractivity contribution >= 4 is 16.9 Å². The van der Waals surface area contributed by atoms with Crippen molar-refractivity contribution in [3.05, 3.63) is 58.5 Å². The Morgan fingerprint density at radius 1 is 1.20 bits per heavy atom. The molecule has 4 aromatic heterocycles. The fourth-order valence-electron chi connectivity index (χ4n) is 3.12. The van der Waals surface area contributed by atoms with Crippen LogP contribution in [0.3, 0.4) is 0 Å². The summed E-state index contributed by atoms with van der Waals surface area (Å²) in [6.45, 7) is 5.93. The summed E-state index contributed by atoms with van der Waals surface area (Å²) >= 11 is 0. The fraction of sp³-hybridized carbons (Fsp3) is 0.300. The van der Waals surface area contributed by atoms with Gasteiger partial charge in [-0.3, -0.25) is 4.79 Å². The highest BCUT2D eigenvalue weighted by atomic mass is 19.1. The van der Waals surface area contributed by atoms with Crippen molar-refractivity contribution in [2.45, 2.75) is 33.2 Å². The molecule has 30 heavy (non-hydrogen) atoms. The molecule has 0 bridgehead atoms. The Balaban J connectivity index is 1.69. The molecule has 0 aliphatic rings. The molecule has 4 heterocycles. The first kappa shape index (κ1) is 19.7. The SMILES string of the molecule is CC(C)(C)C(Cc1cc(=O)[nH]o1)Nc1nc(-c2c[nH]c3ncc(F)cc23)ncc1F. The van der Waals surface area contributed by atoms with E-state index in [1.165, 1.54) is 12.1 Å². The highest BCUT2D eigenvalue weighted by Crippen LogP contribution is 2.29. The largest absolute Gasteiger partial charge is 0.383 e. The fourth-order valence-corrected chi connectivity index (χ4v) is 3.12. The number of anilines is 1. The summed E-state index contributed by atoms with van der Waals surface area (Å²) in [4.78, 5) is 26.7. The number of hydrogen-bond acceptors (Lipinski definition) is 6. The molecule has 4 rings (SSSR count). The van der Waals surface area contributed by atoms with Crippen LogP contribution in [0.5, 0.6) is 0 Å². The highest BCUT2D eigenvalue weighted by Gasteiger charge is 2.28. The second-order valence-corrected chi connectivity index (χ2v) is 8.09. The van der Waals surface area contributed by atoms with Gasteiger partial charge in [0.15, 0.2) is 17.5 Å². The van der Waals surface area contributed by atoms with E-state index in [2.05, 4.69) is 30.4 Å². The summed E-state index contributed by atoms with van der Waals surface area (Å²) in [6.07, 6.45) is 4.11. The lowest BCUT2D eigenvalue weighted by Gasteiger charge is -2.31. The quantitative estimate of drug-likeness (QED) is 0.460. The first-order valence-corrected chi connectivity index (χ1v) is 9.30. The highest BCUT2D eigenvalue weighted by molar-refractivity contribution is 5.91. The molecule has 0 saturated carbocycles. The Morgan fingerprint density at radius 2 is 2.00 bits per heavy atom. The number of nitrogens with zero attached hydrogens (tertiary/aromatic N) is 3. The minimum Gasteiger partial charge on any atom is -0.383 e. The predicted octanol–water partition coefficient (Wildman–Crippen LogP) is 3.65. The number of fused-ring (bicyclic) bond motifs is 1. The van der Waals surface area contributed by atoms with Gasteiger partial charge in [0.1, 0.15) is 17.2 Å². The van der Waals surface area contributed by atoms with Gasteiger partial charge in [0.05, 0.1) is 12.4 Å². The predicted molar refractivity (Wildman–Crippen MR) is 107 cm³/mol. The summed E-state index contributed by atoms with van der Waals surface area (Å²) in [5.41, 5.74) is 0.322. The van der Waals surface area contributed by atoms with Crippen molar-refractivity contribution in [3.8, 4) is 11.4 Å². The molecule has 0 aliphatic heterocycles. The zero-order valence-corrected chi connectivity index (χ0v) is 16.6. The van der Waals surface area contributed by atoms with E-state index in [1.54, 1.807) is 6.20 Å². The number of rotatable bonds is 5. The van der Waals surface area contributed by atoms with Crippen LogP contribution in [0.15, 0.2) is 40.0 Å². The molecule has 10 heteroatoms. The number of nitrogens with one attached hydrogen (secondary N) is 3. The summed E-state index contributed by atoms with van der Waals surface area (Å²) in [5.74, 6) is -0.465. The van der Waals surface area contributed by atoms with Crippen LogP contribution in [0.25, 0.3) is 22.4 Å². The third-order valence-corrected chi connectivity index (χ3v) is 4.82. The van der Waals surface area contributed by atoms with E-state index < -0.39 is 11.6 Å². The van der Waals surface area contributed by atoms with Crippen molar-refractivity contribution < 1.29 is 13.3 Å². The number of halogens is 2. The van der Waals surface area contributed by atoms with Gasteiger partial charge >= 0.3 is 0 Å². The molecule has 3 N–H and O–H groups in total. The van der Waals surface area contributed by atoms with Crippen molar-refractivity contribution in [3.63, 3.8) is 0 Å². The van der Waals surface area contributed by atoms with Crippen molar-refractivity contribution in [2.75, 3.05) is 5.32 Å². The van der Waals surface area contributed by atoms with Crippen molar-refractivity contribution in [1.29, 1.82) is 0 Å². The van der Waals surface area contributed by atoms with Gasteiger partial charge in [-0.05, 0) is 11.5 Å². The Labute approximate surface area is 169 Å². The van der Waals surface area contributed by atoms with Crippen LogP contribution >= 0.6 is 0 Å². The second kappa shape index (κ2) is 7.36. The van der Waals surface area contributed by atoms with Gasteiger partial charge < -0.3 is 14.8 Å². The lowest BCUT2D eigenvalue weighted by atomic mass is 9.84. The van der Waals surface area contributed by atoms with Gasteiger partial charge in [0.25, 0.3) is 5.56 Å². The zero-order chi connectivity index (χ0) is 21.5. The summed E-state index contributed by atoms with van der Waals surface area (Å²) in [7, 11) is 0. The monoisotopic (exact) mass is 414 g/mol. The first-order chi connectivity index (χ1) is 14.2. The van der Waals surface area contributed by atoms with Crippen LogP contribution < -0.4 is 10.9 Å². The maximum atomic E-state index is 14.5. The molecule has 0 aromatic carbocycles. The van der Waals surface area contributed by atoms with Crippen molar-refractivity contribution in [2.24, 2.45) is 5.41 Å². The van der Waals surface area contributed by atoms with E-state index in [0.29, 0.717) is 28.8 Å². The van der Waals surface area contributed by atoms with Crippen LogP contribution in [-0.2, 0) is 6.42 Å². The van der Waals surface area contributed by atoms with Gasteiger partial charge in [-0.15, -0.1) is 0 Å². The molecule has 0 amide bonds. The van der Waals surface area contributed by atoms with Crippen LogP contribution in [0.4, 0.5) is 14.6 Å². The minimum atomic E-state index is -0.632. The van der Waals surface area contributed by atoms with E-state index in [1.807, 2.05) is 20.8 Å². The Kier molecular flexibility index (Phi) is 4.84. The lowest BCUT2D eigenvalue weighted by molar-refractivity contribution is 0.303. The number of H-pyrrole nitrogens is 2. The van der Waals surface area contributed by atoms with Gasteiger partial charge in [-0.25, -0.2) is 23.7 Å². The van der Waals surface area contributed by atoms with E-state index in [0.717, 1.165) is 12.4 Å². The minimum absolute atomic E-state index is 0.00322. The average molecular weight is 414 g/mol. The Morgan fingerprint density at radius 3 is 2.70 bits per heavy atom. The van der Waals surface area contributed by atoms with Gasteiger partial charge in [-0.2, -0.15) is 5.16 Å². The number of aromatic amines is 2. The summed E-state index contributed by atoms with van der Waals surface area (Å²) < 4.78 is 33.3. The third-order valence-electron chi connectivity index (χ3n) is 4.82. The van der Waals surface area contributed by atoms with E-state index in [-0.39, 0.29) is 28.7 Å². The molecule has 0 aliphatic carbocycles. The van der Waals surface area contributed by atoms with E-state index in [4.69, 9.17) is 4.52 Å². The molecule has 1 unspecified atom stereocenters. The zero-order valence-electron chi connectivity index (χ0n) is 16.6. The average Bonchev–Trinajstić information content (AvgIpc) is 3.27. The number of hydrogen-bond donors (Lipinski definition) is 3. The molecule has 0 saturated heterocycles. The second-order valence-electron chi connectivity index (χ2n) is 8.09. The standard InChI is InChI=1S/C20H20F2N6O2/c1-20(2,3)15(5-11-6-16(29)28-30-11)26-19-14(22)9-25-18(27-19)13-8-24-17-12(13)4-10(21)7-23-17/h4,6-9,15H,5H2,1-3H3,(H,23,24)(H,28,29)(H,25,26,27). The number of pyridine rings is 1. The van der Waals surface area contributed by atoms with Gasteiger partial charge in [-0.1, -0.05) is 20.8 Å². The van der Waals surface area contributed by atoms with Crippen LogP contribution in [0.1, 0.15) is 26.5 Å². The molecular weight excluding hydrogens is 394 g/mol. The first-order valence-electron chi connectivity index (χ1n) is 9.30. The van der Waals surface area contributed by atoms with E-state index >= 15 is 0 Å². The molecule has 0 radical (unpaired) electrons. The molecule has 1 atom stereocenters. The van der Waals surface area contributed by atoms with Crippen LogP contribution in [0, 0.1) is 17.0 Å². The molecule has 0 spiro atoms. The maximum absolute atomic E-state index is 14.5. The molecular formula is C20H20F2N6O2.